The van der Waals surface area contributed by atoms with Crippen LogP contribution < -0.4 is 5.32 Å². The smallest absolute Gasteiger partial charge is 0.307 e. The van der Waals surface area contributed by atoms with Gasteiger partial charge in [-0.05, 0) is 48.3 Å². The second-order valence-electron chi connectivity index (χ2n) is 7.78. The predicted molar refractivity (Wildman–Crippen MR) is 103 cm³/mol. The van der Waals surface area contributed by atoms with Crippen molar-refractivity contribution in [2.24, 2.45) is 11.8 Å². The summed E-state index contributed by atoms with van der Waals surface area (Å²) in [5.74, 6) is -1.34. The molecule has 0 aromatic heterocycles. The monoisotopic (exact) mass is 363 g/mol. The fraction of sp³-hybridized carbons (Fsp3) is 0.391. The molecule has 0 spiro atoms. The maximum absolute atomic E-state index is 12.9. The second-order valence-corrected chi connectivity index (χ2v) is 7.78. The molecule has 1 amide bonds. The van der Waals surface area contributed by atoms with Crippen LogP contribution in [0.2, 0.25) is 0 Å². The highest BCUT2D eigenvalue weighted by molar-refractivity contribution is 5.85. The molecular weight excluding hydrogens is 338 g/mol. The number of carbonyl (C=O) groups excluding carboxylic acids is 1. The second kappa shape index (κ2) is 7.55. The molecule has 2 N–H and O–H groups in total. The number of hydrogen-bond acceptors (Lipinski definition) is 2. The molecule has 0 radical (unpaired) electrons. The third-order valence-electron chi connectivity index (χ3n) is 5.91. The molecule has 3 atom stereocenters. The Labute approximate surface area is 159 Å². The summed E-state index contributed by atoms with van der Waals surface area (Å²) in [6.45, 7) is 0. The molecule has 2 aliphatic rings. The number of rotatable bonds is 6. The number of amides is 1. The van der Waals surface area contributed by atoms with Gasteiger partial charge in [-0.3, -0.25) is 9.59 Å². The van der Waals surface area contributed by atoms with Crippen LogP contribution in [-0.4, -0.2) is 17.0 Å². The minimum atomic E-state index is -0.863. The Morgan fingerprint density at radius 3 is 2.11 bits per heavy atom. The van der Waals surface area contributed by atoms with E-state index in [9.17, 15) is 14.7 Å². The molecule has 0 unspecified atom stereocenters. The maximum atomic E-state index is 12.9. The molecule has 4 heteroatoms. The SMILES string of the molecule is O=C(O)[C@H]1CCC[C@H]1C(=O)N[C@@H](c1ccccc1)c1ccc(C2CC2)cc1. The van der Waals surface area contributed by atoms with Crippen LogP contribution in [0.1, 0.15) is 60.8 Å². The van der Waals surface area contributed by atoms with Crippen molar-refractivity contribution in [3.05, 3.63) is 71.3 Å². The van der Waals surface area contributed by atoms with Crippen molar-refractivity contribution < 1.29 is 14.7 Å². The highest BCUT2D eigenvalue weighted by Gasteiger charge is 2.38. The van der Waals surface area contributed by atoms with E-state index in [1.165, 1.54) is 18.4 Å². The number of nitrogens with one attached hydrogen (secondary N) is 1. The van der Waals surface area contributed by atoms with Gasteiger partial charge < -0.3 is 10.4 Å². The summed E-state index contributed by atoms with van der Waals surface area (Å²) in [6.07, 6.45) is 4.54. The zero-order chi connectivity index (χ0) is 18.8. The molecule has 0 aliphatic heterocycles. The van der Waals surface area contributed by atoms with Crippen molar-refractivity contribution >= 4 is 11.9 Å². The number of carboxylic acids is 1. The minimum absolute atomic E-state index is 0.153. The molecule has 140 valence electrons. The number of carboxylic acid groups (broad SMARTS) is 1. The third kappa shape index (κ3) is 3.90. The van der Waals surface area contributed by atoms with E-state index < -0.39 is 17.8 Å². The summed E-state index contributed by atoms with van der Waals surface area (Å²) >= 11 is 0. The van der Waals surface area contributed by atoms with E-state index in [1.807, 2.05) is 30.3 Å². The summed E-state index contributed by atoms with van der Waals surface area (Å²) in [5, 5.41) is 12.5. The average molecular weight is 363 g/mol. The van der Waals surface area contributed by atoms with Crippen molar-refractivity contribution in [2.75, 3.05) is 0 Å². The topological polar surface area (TPSA) is 66.4 Å². The average Bonchev–Trinajstić information content (AvgIpc) is 3.42. The summed E-state index contributed by atoms with van der Waals surface area (Å²) in [5.41, 5.74) is 3.40. The molecule has 0 bridgehead atoms. The molecule has 0 saturated heterocycles. The van der Waals surface area contributed by atoms with E-state index >= 15 is 0 Å². The summed E-state index contributed by atoms with van der Waals surface area (Å²) < 4.78 is 0. The van der Waals surface area contributed by atoms with E-state index in [0.717, 1.165) is 17.5 Å². The minimum Gasteiger partial charge on any atom is -0.481 e. The highest BCUT2D eigenvalue weighted by Crippen LogP contribution is 2.40. The predicted octanol–water partition coefficient (Wildman–Crippen LogP) is 4.27. The Morgan fingerprint density at radius 1 is 0.852 bits per heavy atom. The molecule has 2 fully saturated rings. The van der Waals surface area contributed by atoms with Crippen LogP contribution in [-0.2, 0) is 9.59 Å². The number of hydrogen-bond donors (Lipinski definition) is 2. The third-order valence-corrected chi connectivity index (χ3v) is 5.91. The molecule has 0 heterocycles. The Bertz CT molecular complexity index is 811. The van der Waals surface area contributed by atoms with Gasteiger partial charge >= 0.3 is 5.97 Å². The zero-order valence-electron chi connectivity index (χ0n) is 15.3. The van der Waals surface area contributed by atoms with Gasteiger partial charge in [0.1, 0.15) is 0 Å². The quantitative estimate of drug-likeness (QED) is 0.805. The molecule has 2 aromatic carbocycles. The Morgan fingerprint density at radius 2 is 1.48 bits per heavy atom. The van der Waals surface area contributed by atoms with Crippen molar-refractivity contribution in [1.29, 1.82) is 0 Å². The van der Waals surface area contributed by atoms with Gasteiger partial charge in [-0.2, -0.15) is 0 Å². The van der Waals surface area contributed by atoms with Gasteiger partial charge in [-0.25, -0.2) is 0 Å². The van der Waals surface area contributed by atoms with Gasteiger partial charge in [0.15, 0.2) is 0 Å². The van der Waals surface area contributed by atoms with Gasteiger partial charge in [0.05, 0.1) is 17.9 Å². The fourth-order valence-corrected chi connectivity index (χ4v) is 4.20. The van der Waals surface area contributed by atoms with Crippen LogP contribution in [0.5, 0.6) is 0 Å². The first-order valence-electron chi connectivity index (χ1n) is 9.81. The fourth-order valence-electron chi connectivity index (χ4n) is 4.20. The van der Waals surface area contributed by atoms with Crippen LogP contribution in [0, 0.1) is 11.8 Å². The van der Waals surface area contributed by atoms with E-state index in [2.05, 4.69) is 29.6 Å². The van der Waals surface area contributed by atoms with E-state index in [1.54, 1.807) is 0 Å². The molecule has 27 heavy (non-hydrogen) atoms. The number of carbonyl (C=O) groups is 2. The molecule has 4 rings (SSSR count). The maximum Gasteiger partial charge on any atom is 0.307 e. The lowest BCUT2D eigenvalue weighted by Crippen LogP contribution is -2.37. The van der Waals surface area contributed by atoms with Gasteiger partial charge in [0.25, 0.3) is 0 Å². The van der Waals surface area contributed by atoms with Crippen molar-refractivity contribution in [1.82, 2.24) is 5.32 Å². The lowest BCUT2D eigenvalue weighted by atomic mass is 9.92. The number of benzene rings is 2. The molecule has 2 aromatic rings. The van der Waals surface area contributed by atoms with Crippen LogP contribution in [0.3, 0.4) is 0 Å². The standard InChI is InChI=1S/C23H25NO3/c25-22(19-7-4-8-20(19)23(26)27)24-21(17-5-2-1-3-6-17)18-13-11-16(12-14-18)15-9-10-15/h1-3,5-6,11-15,19-21H,4,7-10H2,(H,24,25)(H,26,27)/t19-,20+,21+/m1/s1. The van der Waals surface area contributed by atoms with E-state index in [0.29, 0.717) is 18.8 Å². The first-order valence-corrected chi connectivity index (χ1v) is 9.81. The van der Waals surface area contributed by atoms with Crippen LogP contribution in [0.25, 0.3) is 0 Å². The molecule has 2 aliphatic carbocycles. The molecule has 2 saturated carbocycles. The Kier molecular flexibility index (Phi) is 4.97. The highest BCUT2D eigenvalue weighted by atomic mass is 16.4. The molecular formula is C23H25NO3. The number of aliphatic carboxylic acids is 1. The largest absolute Gasteiger partial charge is 0.481 e. The van der Waals surface area contributed by atoms with Gasteiger partial charge in [-0.1, -0.05) is 61.0 Å². The van der Waals surface area contributed by atoms with Crippen molar-refractivity contribution in [3.63, 3.8) is 0 Å². The summed E-state index contributed by atoms with van der Waals surface area (Å²) in [6, 6.07) is 18.1. The normalized spacial score (nSPS) is 23.0. The van der Waals surface area contributed by atoms with Gasteiger partial charge in [0.2, 0.25) is 5.91 Å². The lowest BCUT2D eigenvalue weighted by molar-refractivity contribution is -0.146. The summed E-state index contributed by atoms with van der Waals surface area (Å²) in [7, 11) is 0. The first kappa shape index (κ1) is 17.8. The Hall–Kier alpha value is -2.62. The zero-order valence-corrected chi connectivity index (χ0v) is 15.3. The first-order chi connectivity index (χ1) is 13.1. The van der Waals surface area contributed by atoms with Crippen LogP contribution >= 0.6 is 0 Å². The van der Waals surface area contributed by atoms with Crippen molar-refractivity contribution in [3.8, 4) is 0 Å². The van der Waals surface area contributed by atoms with E-state index in [-0.39, 0.29) is 11.9 Å². The van der Waals surface area contributed by atoms with Crippen LogP contribution in [0.4, 0.5) is 0 Å². The van der Waals surface area contributed by atoms with Gasteiger partial charge in [0, 0.05) is 0 Å². The Balaban J connectivity index is 1.58. The van der Waals surface area contributed by atoms with E-state index in [4.69, 9.17) is 0 Å². The van der Waals surface area contributed by atoms with Crippen molar-refractivity contribution in [2.45, 2.75) is 44.1 Å². The van der Waals surface area contributed by atoms with Gasteiger partial charge in [-0.15, -0.1) is 0 Å². The lowest BCUT2D eigenvalue weighted by Gasteiger charge is -2.23. The van der Waals surface area contributed by atoms with Crippen LogP contribution in [0.15, 0.2) is 54.6 Å². The summed E-state index contributed by atoms with van der Waals surface area (Å²) in [4.78, 5) is 24.4. The molecule has 4 nitrogen and oxygen atoms in total.